The second kappa shape index (κ2) is 5.22. The highest BCUT2D eigenvalue weighted by atomic mass is 16.5. The van der Waals surface area contributed by atoms with Crippen LogP contribution >= 0.6 is 0 Å². The number of ether oxygens (including phenoxy) is 1. The summed E-state index contributed by atoms with van der Waals surface area (Å²) in [6.45, 7) is 0.515. The number of amides is 1. The van der Waals surface area contributed by atoms with Crippen LogP contribution < -0.4 is 16.6 Å². The maximum Gasteiger partial charge on any atom is 0.404 e. The van der Waals surface area contributed by atoms with Gasteiger partial charge in [-0.1, -0.05) is 18.2 Å². The molecule has 6 nitrogen and oxygen atoms in total. The van der Waals surface area contributed by atoms with Crippen LogP contribution in [-0.4, -0.2) is 24.2 Å². The van der Waals surface area contributed by atoms with Crippen molar-refractivity contribution in [2.24, 2.45) is 5.73 Å². The van der Waals surface area contributed by atoms with Crippen LogP contribution in [0.1, 0.15) is 0 Å². The van der Waals surface area contributed by atoms with E-state index in [0.29, 0.717) is 17.7 Å². The summed E-state index contributed by atoms with van der Waals surface area (Å²) in [6, 6.07) is 9.11. The summed E-state index contributed by atoms with van der Waals surface area (Å²) in [4.78, 5) is 24.8. The van der Waals surface area contributed by atoms with Crippen molar-refractivity contribution in [1.82, 2.24) is 4.98 Å². The third kappa shape index (κ3) is 2.79. The van der Waals surface area contributed by atoms with Gasteiger partial charge in [0.25, 0.3) is 5.56 Å². The van der Waals surface area contributed by atoms with Crippen molar-refractivity contribution in [2.45, 2.75) is 0 Å². The Morgan fingerprint density at radius 2 is 2.17 bits per heavy atom. The minimum absolute atomic E-state index is 0.143. The molecule has 0 aliphatic rings. The molecule has 0 radical (unpaired) electrons. The Balaban J connectivity index is 2.10. The van der Waals surface area contributed by atoms with E-state index in [-0.39, 0.29) is 12.2 Å². The molecule has 1 heterocycles. The molecule has 94 valence electrons. The average Bonchev–Trinajstić information content (AvgIpc) is 2.35. The van der Waals surface area contributed by atoms with E-state index in [0.717, 1.165) is 5.39 Å². The minimum atomic E-state index is -0.816. The lowest BCUT2D eigenvalue weighted by Gasteiger charge is -2.07. The zero-order valence-electron chi connectivity index (χ0n) is 9.60. The number of rotatable bonds is 4. The van der Waals surface area contributed by atoms with E-state index in [9.17, 15) is 9.59 Å². The van der Waals surface area contributed by atoms with Gasteiger partial charge in [-0.3, -0.25) is 4.79 Å². The van der Waals surface area contributed by atoms with E-state index in [1.165, 1.54) is 0 Å². The SMILES string of the molecule is NC(=O)OCCNc1cc2ccccc2c(=O)[nH]1. The fourth-order valence-electron chi connectivity index (χ4n) is 1.64. The number of benzene rings is 1. The number of aromatic amines is 1. The van der Waals surface area contributed by atoms with E-state index in [1.54, 1.807) is 6.07 Å². The normalized spacial score (nSPS) is 10.2. The van der Waals surface area contributed by atoms with Gasteiger partial charge < -0.3 is 20.8 Å². The molecule has 0 bridgehead atoms. The van der Waals surface area contributed by atoms with Crippen molar-refractivity contribution >= 4 is 22.7 Å². The molecule has 6 heteroatoms. The van der Waals surface area contributed by atoms with E-state index in [4.69, 9.17) is 5.73 Å². The molecule has 0 unspecified atom stereocenters. The predicted molar refractivity (Wildman–Crippen MR) is 68.6 cm³/mol. The molecule has 0 aliphatic heterocycles. The molecule has 0 fully saturated rings. The number of H-pyrrole nitrogens is 1. The quantitative estimate of drug-likeness (QED) is 0.703. The molecule has 0 aliphatic carbocycles. The number of nitrogens with two attached hydrogens (primary N) is 1. The summed E-state index contributed by atoms with van der Waals surface area (Å²) in [7, 11) is 0. The van der Waals surface area contributed by atoms with Gasteiger partial charge in [0.2, 0.25) is 0 Å². The van der Waals surface area contributed by atoms with Crippen molar-refractivity contribution < 1.29 is 9.53 Å². The van der Waals surface area contributed by atoms with Crippen LogP contribution in [0, 0.1) is 0 Å². The smallest absolute Gasteiger partial charge is 0.404 e. The molecular formula is C12H13N3O3. The molecule has 0 saturated heterocycles. The van der Waals surface area contributed by atoms with Crippen molar-refractivity contribution in [3.63, 3.8) is 0 Å². The number of primary amides is 1. The molecule has 4 N–H and O–H groups in total. The molecule has 0 saturated carbocycles. The summed E-state index contributed by atoms with van der Waals surface area (Å²) < 4.78 is 4.57. The Morgan fingerprint density at radius 1 is 1.39 bits per heavy atom. The van der Waals surface area contributed by atoms with E-state index in [2.05, 4.69) is 15.0 Å². The van der Waals surface area contributed by atoms with Gasteiger partial charge in [-0.25, -0.2) is 4.79 Å². The first-order valence-electron chi connectivity index (χ1n) is 5.45. The number of anilines is 1. The number of carbonyl (C=O) groups is 1. The number of nitrogens with one attached hydrogen (secondary N) is 2. The Hall–Kier alpha value is -2.50. The van der Waals surface area contributed by atoms with Gasteiger partial charge in [-0.05, 0) is 17.5 Å². The molecule has 1 aromatic carbocycles. The second-order valence-corrected chi connectivity index (χ2v) is 3.69. The second-order valence-electron chi connectivity index (χ2n) is 3.69. The molecule has 18 heavy (non-hydrogen) atoms. The highest BCUT2D eigenvalue weighted by Crippen LogP contribution is 2.12. The molecule has 2 rings (SSSR count). The number of fused-ring (bicyclic) bond motifs is 1. The number of hydrogen-bond donors (Lipinski definition) is 3. The zero-order valence-corrected chi connectivity index (χ0v) is 9.60. The number of carbonyl (C=O) groups excluding carboxylic acids is 1. The van der Waals surface area contributed by atoms with Crippen LogP contribution in [0.3, 0.4) is 0 Å². The van der Waals surface area contributed by atoms with Crippen molar-refractivity contribution in [1.29, 1.82) is 0 Å². The van der Waals surface area contributed by atoms with Crippen LogP contribution in [0.4, 0.5) is 10.6 Å². The Kier molecular flexibility index (Phi) is 3.47. The van der Waals surface area contributed by atoms with Crippen LogP contribution in [0.15, 0.2) is 35.1 Å². The minimum Gasteiger partial charge on any atom is -0.448 e. The van der Waals surface area contributed by atoms with Crippen LogP contribution in [-0.2, 0) is 4.74 Å². The van der Waals surface area contributed by atoms with Crippen LogP contribution in [0.2, 0.25) is 0 Å². The van der Waals surface area contributed by atoms with Gasteiger partial charge in [0.1, 0.15) is 12.4 Å². The highest BCUT2D eigenvalue weighted by molar-refractivity contribution is 5.83. The first-order chi connectivity index (χ1) is 8.66. The fourth-order valence-corrected chi connectivity index (χ4v) is 1.64. The van der Waals surface area contributed by atoms with Gasteiger partial charge in [0.15, 0.2) is 0 Å². The van der Waals surface area contributed by atoms with E-state index in [1.807, 2.05) is 24.3 Å². The predicted octanol–water partition coefficient (Wildman–Crippen LogP) is 1.04. The molecule has 0 atom stereocenters. The maximum atomic E-state index is 11.7. The molecule has 2 aromatic rings. The lowest BCUT2D eigenvalue weighted by Crippen LogP contribution is -2.19. The maximum absolute atomic E-state index is 11.7. The van der Waals surface area contributed by atoms with Gasteiger partial charge >= 0.3 is 6.09 Å². The summed E-state index contributed by atoms with van der Waals surface area (Å²) >= 11 is 0. The van der Waals surface area contributed by atoms with E-state index >= 15 is 0 Å². The molecular weight excluding hydrogens is 234 g/mol. The van der Waals surface area contributed by atoms with Gasteiger partial charge in [0.05, 0.1) is 6.54 Å². The third-order valence-electron chi connectivity index (χ3n) is 2.42. The number of hydrogen-bond acceptors (Lipinski definition) is 4. The molecule has 0 spiro atoms. The summed E-state index contributed by atoms with van der Waals surface area (Å²) in [5, 5.41) is 4.43. The van der Waals surface area contributed by atoms with E-state index < -0.39 is 6.09 Å². The van der Waals surface area contributed by atoms with Crippen LogP contribution in [0.5, 0.6) is 0 Å². The van der Waals surface area contributed by atoms with Crippen molar-refractivity contribution in [3.05, 3.63) is 40.7 Å². The average molecular weight is 247 g/mol. The highest BCUT2D eigenvalue weighted by Gasteiger charge is 2.01. The first kappa shape index (κ1) is 12.0. The van der Waals surface area contributed by atoms with Crippen molar-refractivity contribution in [3.8, 4) is 0 Å². The van der Waals surface area contributed by atoms with Gasteiger partial charge in [0, 0.05) is 5.39 Å². The Bertz CT molecular complexity index is 621. The Labute approximate surface area is 103 Å². The Morgan fingerprint density at radius 3 is 2.94 bits per heavy atom. The molecule has 1 amide bonds. The standard InChI is InChI=1S/C12H13N3O3/c13-12(17)18-6-5-14-10-7-8-3-1-2-4-9(8)11(16)15-10/h1-4,7H,5-6H2,(H2,13,17)(H2,14,15,16). The first-order valence-corrected chi connectivity index (χ1v) is 5.45. The van der Waals surface area contributed by atoms with Crippen molar-refractivity contribution in [2.75, 3.05) is 18.5 Å². The third-order valence-corrected chi connectivity index (χ3v) is 2.42. The fraction of sp³-hybridized carbons (Fsp3) is 0.167. The lowest BCUT2D eigenvalue weighted by atomic mass is 10.2. The topological polar surface area (TPSA) is 97.2 Å². The molecule has 1 aromatic heterocycles. The van der Waals surface area contributed by atoms with Gasteiger partial charge in [-0.2, -0.15) is 0 Å². The summed E-state index contributed by atoms with van der Waals surface area (Å²) in [6.07, 6.45) is -0.816. The summed E-state index contributed by atoms with van der Waals surface area (Å²) in [5.41, 5.74) is 4.66. The lowest BCUT2D eigenvalue weighted by molar-refractivity contribution is 0.161. The summed E-state index contributed by atoms with van der Waals surface area (Å²) in [5.74, 6) is 0.576. The zero-order chi connectivity index (χ0) is 13.0. The largest absolute Gasteiger partial charge is 0.448 e. The monoisotopic (exact) mass is 247 g/mol. The van der Waals surface area contributed by atoms with Gasteiger partial charge in [-0.15, -0.1) is 0 Å². The van der Waals surface area contributed by atoms with Crippen LogP contribution in [0.25, 0.3) is 10.8 Å². The number of pyridine rings is 1. The number of aromatic nitrogens is 1.